The molecular formula is C3H16B4N2O12. The van der Waals surface area contributed by atoms with Gasteiger partial charge in [-0.15, -0.1) is 0 Å². The molecule has 0 amide bonds. The van der Waals surface area contributed by atoms with Crippen LogP contribution in [-0.4, -0.2) is 99.5 Å². The lowest BCUT2D eigenvalue weighted by atomic mass is 10.3. The molecule has 0 saturated heterocycles. The monoisotopic (exact) mass is 316 g/mol. The number of aromatic amines is 1. The van der Waals surface area contributed by atoms with Crippen molar-refractivity contribution in [2.24, 2.45) is 0 Å². The molecule has 0 fully saturated rings. The average molecular weight is 315 g/mol. The number of nitrogens with zero attached hydrogens (tertiary/aromatic N) is 1. The second kappa shape index (κ2) is 24.0. The van der Waals surface area contributed by atoms with Gasteiger partial charge in [0, 0.05) is 12.4 Å². The van der Waals surface area contributed by atoms with Gasteiger partial charge in [0.1, 0.15) is 0 Å². The maximum Gasteiger partial charge on any atom is 0.631 e. The van der Waals surface area contributed by atoms with Crippen LogP contribution in [0.3, 0.4) is 0 Å². The molecule has 21 heavy (non-hydrogen) atoms. The van der Waals surface area contributed by atoms with E-state index >= 15 is 0 Å². The van der Waals surface area contributed by atoms with Crippen molar-refractivity contribution in [3.63, 3.8) is 0 Å². The molecule has 1 rings (SSSR count). The molecule has 122 valence electrons. The molecule has 0 aliphatic carbocycles. The zero-order valence-corrected chi connectivity index (χ0v) is 10.4. The van der Waals surface area contributed by atoms with Gasteiger partial charge in [0.05, 0.1) is 6.33 Å². The highest BCUT2D eigenvalue weighted by Gasteiger charge is 1.93. The third kappa shape index (κ3) is 344. The summed E-state index contributed by atoms with van der Waals surface area (Å²) in [5.74, 6) is 0. The Bertz CT molecular complexity index is 184. The minimum Gasteiger partial charge on any atom is -0.402 e. The predicted octanol–water partition coefficient (Wildman–Crippen LogP) is -7.80. The largest absolute Gasteiger partial charge is 0.631 e. The summed E-state index contributed by atoms with van der Waals surface area (Å²) in [7, 11) is -8.67. The lowest BCUT2D eigenvalue weighted by Gasteiger charge is -1.69. The number of hydrogen-bond acceptors (Lipinski definition) is 13. The second-order valence-electron chi connectivity index (χ2n) is 2.15. The van der Waals surface area contributed by atoms with E-state index in [1.54, 1.807) is 18.7 Å². The summed E-state index contributed by atoms with van der Waals surface area (Å²) in [5.41, 5.74) is 0. The number of hydrogen-bond donors (Lipinski definition) is 13. The van der Waals surface area contributed by atoms with E-state index in [0.717, 1.165) is 0 Å². The first-order valence-electron chi connectivity index (χ1n) is 4.53. The van der Waals surface area contributed by atoms with Crippen molar-refractivity contribution in [2.75, 3.05) is 0 Å². The summed E-state index contributed by atoms with van der Waals surface area (Å²) in [5, 5.41) is 86.0. The van der Waals surface area contributed by atoms with Crippen LogP contribution in [0.1, 0.15) is 0 Å². The maximum absolute atomic E-state index is 7.17. The van der Waals surface area contributed by atoms with Gasteiger partial charge in [-0.05, 0) is 0 Å². The van der Waals surface area contributed by atoms with Gasteiger partial charge in [0.25, 0.3) is 0 Å². The molecule has 0 saturated carbocycles. The zero-order valence-electron chi connectivity index (χ0n) is 10.4. The topological polar surface area (TPSA) is 271 Å². The predicted molar refractivity (Wildman–Crippen MR) is 68.2 cm³/mol. The number of nitrogens with one attached hydrogen (secondary N) is 1. The molecule has 0 unspecified atom stereocenters. The molecule has 0 aromatic carbocycles. The summed E-state index contributed by atoms with van der Waals surface area (Å²) >= 11 is 0. The van der Waals surface area contributed by atoms with Gasteiger partial charge in [-0.2, -0.15) is 0 Å². The highest BCUT2D eigenvalue weighted by Crippen LogP contribution is 1.62. The first-order chi connectivity index (χ1) is 9.43. The van der Waals surface area contributed by atoms with Gasteiger partial charge in [-0.1, -0.05) is 0 Å². The summed E-state index contributed by atoms with van der Waals surface area (Å²) < 4.78 is 0. The Kier molecular flexibility index (Phi) is 32.3. The van der Waals surface area contributed by atoms with Crippen LogP contribution in [0.25, 0.3) is 0 Å². The number of rotatable bonds is 0. The van der Waals surface area contributed by atoms with E-state index in [4.69, 9.17) is 60.3 Å². The van der Waals surface area contributed by atoms with E-state index in [-0.39, 0.29) is 0 Å². The Morgan fingerprint density at radius 1 is 0.571 bits per heavy atom. The highest BCUT2D eigenvalue weighted by molar-refractivity contribution is 6.31. The molecule has 18 heteroatoms. The first kappa shape index (κ1) is 28.2. The minimum atomic E-state index is -2.17. The molecule has 0 aliphatic heterocycles. The number of imidazole rings is 1. The van der Waals surface area contributed by atoms with Gasteiger partial charge < -0.3 is 65.3 Å². The molecule has 13 N–H and O–H groups in total. The minimum absolute atomic E-state index is 1.62. The normalized spacial score (nSPS) is 7.05. The van der Waals surface area contributed by atoms with Gasteiger partial charge in [0.15, 0.2) is 0 Å². The molecule has 0 atom stereocenters. The molecular weight excluding hydrogens is 299 g/mol. The maximum atomic E-state index is 7.17. The van der Waals surface area contributed by atoms with Gasteiger partial charge in [-0.3, -0.25) is 0 Å². The molecule has 0 aliphatic rings. The average Bonchev–Trinajstić information content (AvgIpc) is 2.68. The molecule has 14 nitrogen and oxygen atoms in total. The highest BCUT2D eigenvalue weighted by atomic mass is 16.5. The Morgan fingerprint density at radius 3 is 0.857 bits per heavy atom. The van der Waals surface area contributed by atoms with Gasteiger partial charge >= 0.3 is 29.3 Å². The first-order valence-corrected chi connectivity index (χ1v) is 4.53. The Hall–Kier alpha value is -1.01. The van der Waals surface area contributed by atoms with Crippen LogP contribution < -0.4 is 0 Å². The van der Waals surface area contributed by atoms with E-state index in [0.29, 0.717) is 0 Å². The third-order valence-electron chi connectivity index (χ3n) is 0.406. The van der Waals surface area contributed by atoms with Crippen molar-refractivity contribution in [1.29, 1.82) is 0 Å². The van der Waals surface area contributed by atoms with Crippen LogP contribution in [0.2, 0.25) is 0 Å². The Morgan fingerprint density at radius 2 is 0.810 bits per heavy atom. The van der Waals surface area contributed by atoms with E-state index in [1.807, 2.05) is 0 Å². The number of aromatic nitrogens is 2. The van der Waals surface area contributed by atoms with Gasteiger partial charge in [0.2, 0.25) is 0 Å². The smallest absolute Gasteiger partial charge is 0.402 e. The fraction of sp³-hybridized carbons (Fsp3) is 0. The molecule has 1 heterocycles. The Labute approximate surface area is 119 Å². The SMILES string of the molecule is OB(O)O.OB(O)O.OB(O)O.OB(O)O.c1c[nH]cn1. The van der Waals surface area contributed by atoms with Crippen molar-refractivity contribution in [2.45, 2.75) is 0 Å². The zero-order chi connectivity index (χ0) is 17.8. The van der Waals surface area contributed by atoms with Crippen molar-refractivity contribution < 1.29 is 60.3 Å². The van der Waals surface area contributed by atoms with Crippen LogP contribution in [0.4, 0.5) is 0 Å². The summed E-state index contributed by atoms with van der Waals surface area (Å²) in [6.45, 7) is 0. The van der Waals surface area contributed by atoms with E-state index in [9.17, 15) is 0 Å². The van der Waals surface area contributed by atoms with Crippen LogP contribution in [0.5, 0.6) is 0 Å². The van der Waals surface area contributed by atoms with Crippen molar-refractivity contribution in [3.8, 4) is 0 Å². The van der Waals surface area contributed by atoms with Gasteiger partial charge in [-0.25, -0.2) is 4.98 Å². The third-order valence-corrected chi connectivity index (χ3v) is 0.406. The standard InChI is InChI=1S/C3H4N2.4BH3O3/c1-2-5-3-4-1;4*2-1(3)4/h1-3H,(H,4,5);4*2-4H. The molecule has 1 aromatic rings. The molecule has 0 spiro atoms. The number of H-pyrrole nitrogens is 1. The van der Waals surface area contributed by atoms with Crippen molar-refractivity contribution in [1.82, 2.24) is 9.97 Å². The lowest BCUT2D eigenvalue weighted by molar-refractivity contribution is 0.276. The second-order valence-corrected chi connectivity index (χ2v) is 2.15. The van der Waals surface area contributed by atoms with Crippen molar-refractivity contribution in [3.05, 3.63) is 18.7 Å². The fourth-order valence-electron chi connectivity index (χ4n) is 0.215. The Balaban J connectivity index is -0.0000000866. The molecule has 0 radical (unpaired) electrons. The van der Waals surface area contributed by atoms with E-state index in [1.165, 1.54) is 0 Å². The van der Waals surface area contributed by atoms with Crippen LogP contribution in [-0.2, 0) is 0 Å². The van der Waals surface area contributed by atoms with Crippen LogP contribution in [0, 0.1) is 0 Å². The van der Waals surface area contributed by atoms with E-state index in [2.05, 4.69) is 9.97 Å². The van der Waals surface area contributed by atoms with E-state index < -0.39 is 29.3 Å². The summed E-state index contributed by atoms with van der Waals surface area (Å²) in [6.07, 6.45) is 5.08. The van der Waals surface area contributed by atoms with Crippen molar-refractivity contribution >= 4 is 29.3 Å². The summed E-state index contributed by atoms with van der Waals surface area (Å²) in [6, 6.07) is 0. The molecule has 1 aromatic heterocycles. The quantitative estimate of drug-likeness (QED) is 0.198. The lowest BCUT2D eigenvalue weighted by Crippen LogP contribution is -2.07. The fourth-order valence-corrected chi connectivity index (χ4v) is 0.215. The van der Waals surface area contributed by atoms with Crippen LogP contribution >= 0.6 is 0 Å². The molecule has 0 bridgehead atoms. The van der Waals surface area contributed by atoms with Crippen LogP contribution in [0.15, 0.2) is 18.7 Å². The summed E-state index contributed by atoms with van der Waals surface area (Å²) in [4.78, 5) is 6.42.